The zero-order chi connectivity index (χ0) is 14.8. The number of thiophene rings is 1. The topological polar surface area (TPSA) is 46.3 Å². The molecule has 20 heavy (non-hydrogen) atoms. The van der Waals surface area contributed by atoms with Gasteiger partial charge in [0.05, 0.1) is 13.1 Å². The van der Waals surface area contributed by atoms with E-state index in [1.807, 2.05) is 18.5 Å². The molecule has 0 aliphatic rings. The van der Waals surface area contributed by atoms with Gasteiger partial charge in [0, 0.05) is 29.3 Å². The second-order valence-corrected chi connectivity index (χ2v) is 5.86. The minimum atomic E-state index is 0.226. The van der Waals surface area contributed by atoms with Crippen LogP contribution < -0.4 is 5.73 Å². The van der Waals surface area contributed by atoms with Gasteiger partial charge in [-0.1, -0.05) is 38.0 Å². The van der Waals surface area contributed by atoms with Gasteiger partial charge >= 0.3 is 0 Å². The molecule has 3 nitrogen and oxygen atoms in total. The van der Waals surface area contributed by atoms with Crippen LogP contribution in [0.2, 0.25) is 0 Å². The van der Waals surface area contributed by atoms with Crippen LogP contribution in [-0.4, -0.2) is 24.4 Å². The van der Waals surface area contributed by atoms with Crippen molar-refractivity contribution in [2.45, 2.75) is 45.6 Å². The van der Waals surface area contributed by atoms with Crippen LogP contribution in [0.25, 0.3) is 0 Å². The molecule has 1 rings (SSSR count). The van der Waals surface area contributed by atoms with Crippen LogP contribution in [0, 0.1) is 11.8 Å². The van der Waals surface area contributed by atoms with Gasteiger partial charge in [-0.05, 0) is 12.5 Å². The number of hydrogen-bond acceptors (Lipinski definition) is 3. The van der Waals surface area contributed by atoms with Crippen molar-refractivity contribution in [3.8, 4) is 11.8 Å². The maximum atomic E-state index is 12.0. The van der Waals surface area contributed by atoms with E-state index in [0.29, 0.717) is 19.5 Å². The van der Waals surface area contributed by atoms with Gasteiger partial charge in [-0.25, -0.2) is 0 Å². The van der Waals surface area contributed by atoms with Gasteiger partial charge in [-0.2, -0.15) is 0 Å². The second-order valence-electron chi connectivity index (χ2n) is 4.87. The number of carbonyl (C=O) groups excluding carboxylic acids is 1. The number of nitrogens with two attached hydrogens (primary N) is 1. The van der Waals surface area contributed by atoms with Crippen LogP contribution in [0.4, 0.5) is 0 Å². The highest BCUT2D eigenvalue weighted by Crippen LogP contribution is 2.16. The molecule has 0 bridgehead atoms. The number of unbranched alkanes of at least 4 members (excludes halogenated alkanes) is 3. The molecule has 1 aromatic rings. The average Bonchev–Trinajstić information content (AvgIpc) is 2.88. The lowest BCUT2D eigenvalue weighted by molar-refractivity contribution is -0.130. The number of nitrogens with zero attached hydrogens (tertiary/aromatic N) is 1. The van der Waals surface area contributed by atoms with Crippen LogP contribution in [0.1, 0.15) is 49.5 Å². The van der Waals surface area contributed by atoms with Crippen LogP contribution >= 0.6 is 11.3 Å². The Hall–Kier alpha value is -1.31. The van der Waals surface area contributed by atoms with Gasteiger partial charge in [-0.3, -0.25) is 4.79 Å². The van der Waals surface area contributed by atoms with E-state index in [0.717, 1.165) is 23.3 Å². The Balaban J connectivity index is 2.39. The molecular weight excluding hydrogens is 268 g/mol. The predicted octanol–water partition coefficient (Wildman–Crippen LogP) is 2.99. The van der Waals surface area contributed by atoms with Crippen molar-refractivity contribution in [1.82, 2.24) is 4.90 Å². The summed E-state index contributed by atoms with van der Waals surface area (Å²) < 4.78 is 0. The van der Waals surface area contributed by atoms with Crippen molar-refractivity contribution >= 4 is 17.2 Å². The fraction of sp³-hybridized carbons (Fsp3) is 0.562. The van der Waals surface area contributed by atoms with Crippen LogP contribution in [0.5, 0.6) is 0 Å². The highest BCUT2D eigenvalue weighted by molar-refractivity contribution is 7.10. The van der Waals surface area contributed by atoms with Gasteiger partial charge in [-0.15, -0.1) is 11.3 Å². The summed E-state index contributed by atoms with van der Waals surface area (Å²) in [5.74, 6) is 6.07. The molecular formula is C16H24N2OS. The first kappa shape index (κ1) is 16.7. The Kier molecular flexibility index (Phi) is 8.01. The Bertz CT molecular complexity index is 470. The molecule has 0 saturated carbocycles. The Morgan fingerprint density at radius 3 is 2.90 bits per heavy atom. The minimum absolute atomic E-state index is 0.226. The largest absolute Gasteiger partial charge is 0.341 e. The summed E-state index contributed by atoms with van der Waals surface area (Å²) in [6, 6.07) is 2.04. The number of carbonyl (C=O) groups is 1. The number of amides is 1. The van der Waals surface area contributed by atoms with Crippen LogP contribution in [-0.2, 0) is 11.3 Å². The van der Waals surface area contributed by atoms with E-state index in [1.54, 1.807) is 16.2 Å². The summed E-state index contributed by atoms with van der Waals surface area (Å²) in [5, 5.41) is 2.01. The maximum absolute atomic E-state index is 12.0. The monoisotopic (exact) mass is 292 g/mol. The Morgan fingerprint density at radius 1 is 1.40 bits per heavy atom. The van der Waals surface area contributed by atoms with Crippen LogP contribution in [0.15, 0.2) is 11.4 Å². The van der Waals surface area contributed by atoms with Gasteiger partial charge in [0.2, 0.25) is 5.91 Å². The van der Waals surface area contributed by atoms with Crippen molar-refractivity contribution < 1.29 is 4.79 Å². The molecule has 1 aromatic heterocycles. The van der Waals surface area contributed by atoms with E-state index in [-0.39, 0.29) is 5.91 Å². The first-order chi connectivity index (χ1) is 9.67. The molecule has 0 atom stereocenters. The Morgan fingerprint density at radius 2 is 2.20 bits per heavy atom. The highest BCUT2D eigenvalue weighted by Gasteiger charge is 2.09. The van der Waals surface area contributed by atoms with E-state index < -0.39 is 0 Å². The standard InChI is InChI=1S/C16H24N2OS/c1-3-4-5-6-9-16(19)18(2)12-15-11-14(13-20-15)8-7-10-17/h11,13H,3-6,9-10,12,17H2,1-2H3. The third kappa shape index (κ3) is 6.23. The van der Waals surface area contributed by atoms with Gasteiger partial charge < -0.3 is 10.6 Å². The van der Waals surface area contributed by atoms with Crippen molar-refractivity contribution in [3.05, 3.63) is 21.9 Å². The summed E-state index contributed by atoms with van der Waals surface area (Å²) in [4.78, 5) is 14.9. The molecule has 0 unspecified atom stereocenters. The van der Waals surface area contributed by atoms with Crippen molar-refractivity contribution in [3.63, 3.8) is 0 Å². The SMILES string of the molecule is CCCCCCC(=O)N(C)Cc1cc(C#CCN)cs1. The molecule has 1 heterocycles. The van der Waals surface area contributed by atoms with E-state index in [2.05, 4.69) is 18.8 Å². The zero-order valence-corrected chi connectivity index (χ0v) is 13.3. The van der Waals surface area contributed by atoms with Crippen molar-refractivity contribution in [2.75, 3.05) is 13.6 Å². The first-order valence-electron chi connectivity index (χ1n) is 7.17. The third-order valence-electron chi connectivity index (χ3n) is 3.05. The summed E-state index contributed by atoms with van der Waals surface area (Å²) in [7, 11) is 1.87. The smallest absolute Gasteiger partial charge is 0.222 e. The van der Waals surface area contributed by atoms with Gasteiger partial charge in [0.1, 0.15) is 0 Å². The summed E-state index contributed by atoms with van der Waals surface area (Å²) in [6.07, 6.45) is 5.21. The van der Waals surface area contributed by atoms with Crippen molar-refractivity contribution in [2.24, 2.45) is 5.73 Å². The normalized spacial score (nSPS) is 9.95. The van der Waals surface area contributed by atoms with E-state index >= 15 is 0 Å². The minimum Gasteiger partial charge on any atom is -0.341 e. The lowest BCUT2D eigenvalue weighted by Crippen LogP contribution is -2.25. The summed E-state index contributed by atoms with van der Waals surface area (Å²) in [5.41, 5.74) is 6.33. The van der Waals surface area contributed by atoms with E-state index in [4.69, 9.17) is 5.73 Å². The second kappa shape index (κ2) is 9.57. The number of rotatable bonds is 7. The van der Waals surface area contributed by atoms with Crippen LogP contribution in [0.3, 0.4) is 0 Å². The molecule has 0 aliphatic carbocycles. The first-order valence-corrected chi connectivity index (χ1v) is 8.05. The molecule has 0 radical (unpaired) electrons. The molecule has 0 aliphatic heterocycles. The number of hydrogen-bond donors (Lipinski definition) is 1. The maximum Gasteiger partial charge on any atom is 0.222 e. The molecule has 4 heteroatoms. The highest BCUT2D eigenvalue weighted by atomic mass is 32.1. The average molecular weight is 292 g/mol. The molecule has 0 saturated heterocycles. The fourth-order valence-electron chi connectivity index (χ4n) is 1.90. The quantitative estimate of drug-likeness (QED) is 0.620. The van der Waals surface area contributed by atoms with E-state index in [9.17, 15) is 4.79 Å². The third-order valence-corrected chi connectivity index (χ3v) is 3.97. The molecule has 110 valence electrons. The van der Waals surface area contributed by atoms with Gasteiger partial charge in [0.25, 0.3) is 0 Å². The van der Waals surface area contributed by atoms with Crippen molar-refractivity contribution in [1.29, 1.82) is 0 Å². The molecule has 2 N–H and O–H groups in total. The fourth-order valence-corrected chi connectivity index (χ4v) is 2.77. The molecule has 0 spiro atoms. The molecule has 0 aromatic carbocycles. The Labute approximate surface area is 126 Å². The zero-order valence-electron chi connectivity index (χ0n) is 12.4. The lowest BCUT2D eigenvalue weighted by Gasteiger charge is -2.16. The lowest BCUT2D eigenvalue weighted by atomic mass is 10.1. The predicted molar refractivity (Wildman–Crippen MR) is 85.5 cm³/mol. The molecule has 1 amide bonds. The summed E-state index contributed by atoms with van der Waals surface area (Å²) in [6.45, 7) is 3.22. The molecule has 0 fully saturated rings. The summed E-state index contributed by atoms with van der Waals surface area (Å²) >= 11 is 1.64. The van der Waals surface area contributed by atoms with E-state index in [1.165, 1.54) is 12.8 Å². The van der Waals surface area contributed by atoms with Gasteiger partial charge in [0.15, 0.2) is 0 Å².